The number of methoxy groups -OCH3 is 2. The largest absolute Gasteiger partial charge is 0.491 e. The molecule has 6 heterocycles. The molecule has 0 radical (unpaired) electrons. The van der Waals surface area contributed by atoms with E-state index in [9.17, 15) is 38.4 Å². The summed E-state index contributed by atoms with van der Waals surface area (Å²) >= 11 is 3.02. The number of carbonyl (C=O) groups excluding carboxylic acids is 6. The lowest BCUT2D eigenvalue weighted by Crippen LogP contribution is -2.44. The third-order valence-corrected chi connectivity index (χ3v) is 22.5. The smallest absolute Gasteiger partial charge is 0.404 e. The molecule has 4 aromatic heterocycles. The van der Waals surface area contributed by atoms with E-state index >= 15 is 0 Å². The van der Waals surface area contributed by atoms with Crippen LogP contribution in [0.3, 0.4) is 0 Å². The Morgan fingerprint density at radius 2 is 0.924 bits per heavy atom. The van der Waals surface area contributed by atoms with Crippen molar-refractivity contribution in [3.63, 3.8) is 0 Å². The van der Waals surface area contributed by atoms with Gasteiger partial charge in [0.2, 0.25) is 23.6 Å². The fraction of sp³-hybridized carbons (Fsp3) is 0.605. The Hall–Kier alpha value is -9.66. The van der Waals surface area contributed by atoms with Crippen LogP contribution in [0, 0.1) is 58.2 Å². The van der Waals surface area contributed by atoms with Crippen LogP contribution in [0.25, 0.3) is 44.6 Å². The number of likely N-dealkylation sites (tertiary alicyclic amines) is 2. The first-order valence-electron chi connectivity index (χ1n) is 40.0. The molecule has 0 spiro atoms. The Morgan fingerprint density at radius 3 is 1.21 bits per heavy atom. The van der Waals surface area contributed by atoms with Crippen molar-refractivity contribution in [2.75, 3.05) is 64.4 Å². The van der Waals surface area contributed by atoms with Crippen LogP contribution >= 0.6 is 22.7 Å². The van der Waals surface area contributed by atoms with Gasteiger partial charge in [-0.2, -0.15) is 0 Å². The maximum absolute atomic E-state index is 13.1. The molecule has 2 saturated heterocycles. The minimum Gasteiger partial charge on any atom is -0.491 e. The van der Waals surface area contributed by atoms with Crippen LogP contribution in [-0.4, -0.2) is 190 Å². The second-order valence-corrected chi connectivity index (χ2v) is 35.8. The summed E-state index contributed by atoms with van der Waals surface area (Å²) < 4.78 is 44.5. The van der Waals surface area contributed by atoms with Gasteiger partial charge in [-0.15, -0.1) is 29.3 Å². The van der Waals surface area contributed by atoms with E-state index in [1.54, 1.807) is 30.1 Å². The van der Waals surface area contributed by atoms with E-state index in [0.29, 0.717) is 115 Å². The van der Waals surface area contributed by atoms with Crippen molar-refractivity contribution in [3.8, 4) is 45.8 Å². The number of aromatic nitrogens is 4. The van der Waals surface area contributed by atoms with Crippen molar-refractivity contribution >= 4 is 102 Å². The van der Waals surface area contributed by atoms with Crippen LogP contribution in [0.2, 0.25) is 0 Å². The predicted molar refractivity (Wildman–Crippen MR) is 457 cm³/mol. The number of allylic oxidation sites excluding steroid dienone is 1. The van der Waals surface area contributed by atoms with E-state index in [0.717, 1.165) is 89.7 Å². The maximum atomic E-state index is 13.1. The number of nitrogens with two attached hydrogens (primary N) is 4. The van der Waals surface area contributed by atoms with Crippen molar-refractivity contribution in [1.29, 1.82) is 0 Å². The molecule has 14 atom stereocenters. The second-order valence-electron chi connectivity index (χ2n) is 34.1. The number of carbonyl (C=O) groups is 8. The Kier molecular flexibility index (Phi) is 34.7. The summed E-state index contributed by atoms with van der Waals surface area (Å²) in [6, 6.07) is 14.0. The molecule has 0 bridgehead atoms. The number of rotatable bonds is 28. The second kappa shape index (κ2) is 42.8. The first-order valence-corrected chi connectivity index (χ1v) is 41.7. The molecule has 30 nitrogen and oxygen atoms in total. The van der Waals surface area contributed by atoms with Crippen LogP contribution in [0.5, 0.6) is 23.0 Å². The average molecular weight is 1680 g/mol. The molecule has 6 aromatic rings. The molecule has 2 aromatic carbocycles. The standard InChI is InChI=1S/2C29H39N5O5S.2C7H11NO2.C6H10O2.C6H8O2.2CH4/c2*1-17(2)31-28-33-23(16-40-28)22-13-25(20-8-7-18(11-21(20)32-22)38-10-9-37-6)39-19-12-24(27(30)36)34(15-19)26(35)14-29(3,4)5;2*8-7(9)10-6-2-4-1-5(4)3-6;2*1-2-4-3-5(4)6(7)8;;/h2*7-8,11,13,16-17,19,24H,9-10,12,14-15H2,1-6H3,(H2,30,36)(H,31,33);2*4-6H,1-3H2,(H2,8,9);4-5H,2-3H2,1H3,(H,7,8);2,4-5H,1,3H2,(H,7,8);2*1H4/t2*19-,24+;2*4-,5+,6?;2*4-,5+;;/m11..11../s1. The molecule has 14 rings (SSSR count). The van der Waals surface area contributed by atoms with E-state index < -0.39 is 60.2 Å². The van der Waals surface area contributed by atoms with Crippen LogP contribution in [0.4, 0.5) is 19.9 Å². The van der Waals surface area contributed by atoms with Gasteiger partial charge in [-0.25, -0.2) is 29.5 Å². The highest BCUT2D eigenvalue weighted by Crippen LogP contribution is 2.53. The number of amides is 6. The molecule has 6 aliphatic carbocycles. The van der Waals surface area contributed by atoms with Crippen molar-refractivity contribution < 1.29 is 86.5 Å². The number of benzene rings is 2. The van der Waals surface area contributed by atoms with E-state index in [1.165, 1.54) is 35.5 Å². The van der Waals surface area contributed by atoms with Crippen molar-refractivity contribution in [2.24, 2.45) is 81.1 Å². The van der Waals surface area contributed by atoms with Gasteiger partial charge in [-0.3, -0.25) is 28.8 Å². The van der Waals surface area contributed by atoms with Crippen LogP contribution < -0.4 is 52.5 Å². The zero-order chi connectivity index (χ0) is 84.6. The maximum Gasteiger partial charge on any atom is 0.404 e. The number of hydrogen-bond acceptors (Lipinski definition) is 24. The summed E-state index contributed by atoms with van der Waals surface area (Å²) in [6.45, 7) is 28.0. The minimum absolute atomic E-state index is 0. The fourth-order valence-corrected chi connectivity index (χ4v) is 16.5. The third-order valence-electron chi connectivity index (χ3n) is 20.9. The number of nitrogens with one attached hydrogen (secondary N) is 2. The number of carboxylic acid groups (broad SMARTS) is 2. The van der Waals surface area contributed by atoms with E-state index in [-0.39, 0.29) is 92.6 Å². The van der Waals surface area contributed by atoms with Gasteiger partial charge >= 0.3 is 24.1 Å². The Balaban J connectivity index is 0.000000225. The lowest BCUT2D eigenvalue weighted by molar-refractivity contribution is -0.139. The summed E-state index contributed by atoms with van der Waals surface area (Å²) in [4.78, 5) is 114. The molecule has 650 valence electrons. The highest BCUT2D eigenvalue weighted by atomic mass is 32.1. The number of nitrogens with zero attached hydrogens (tertiary/aromatic N) is 6. The molecule has 8 fully saturated rings. The molecule has 118 heavy (non-hydrogen) atoms. The van der Waals surface area contributed by atoms with Crippen LogP contribution in [-0.2, 0) is 47.7 Å². The van der Waals surface area contributed by atoms with Gasteiger partial charge in [0, 0.05) is 97.8 Å². The van der Waals surface area contributed by atoms with Crippen molar-refractivity contribution in [3.05, 3.63) is 71.9 Å². The van der Waals surface area contributed by atoms with Gasteiger partial charge in [0.05, 0.1) is 60.6 Å². The van der Waals surface area contributed by atoms with Crippen molar-refractivity contribution in [2.45, 2.75) is 223 Å². The first kappa shape index (κ1) is 95.5. The molecule has 6 saturated carbocycles. The number of ether oxygens (including phenoxy) is 8. The van der Waals surface area contributed by atoms with E-state index in [1.807, 2.05) is 108 Å². The quantitative estimate of drug-likeness (QED) is 0.0167. The molecule has 6 amide bonds. The Labute approximate surface area is 701 Å². The minimum atomic E-state index is -0.712. The summed E-state index contributed by atoms with van der Waals surface area (Å²) in [5.41, 5.74) is 24.8. The lowest BCUT2D eigenvalue weighted by Gasteiger charge is -2.26. The predicted octanol–water partition coefficient (Wildman–Crippen LogP) is 14.0. The fourth-order valence-electron chi connectivity index (χ4n) is 14.8. The highest BCUT2D eigenvalue weighted by Gasteiger charge is 2.49. The highest BCUT2D eigenvalue weighted by molar-refractivity contribution is 7.14. The molecule has 2 aliphatic heterocycles. The first-order chi connectivity index (χ1) is 54.9. The van der Waals surface area contributed by atoms with Gasteiger partial charge in [-0.05, 0) is 150 Å². The number of aliphatic carboxylic acids is 2. The molecular formula is C86H126N12O18S2. The normalized spacial score (nSPS) is 23.7. The number of carboxylic acids is 2. The number of fused-ring (bicyclic) bond motifs is 4. The molecule has 32 heteroatoms. The molecule has 12 N–H and O–H groups in total. The Bertz CT molecular complexity index is 4150. The summed E-state index contributed by atoms with van der Waals surface area (Å²) in [5.74, 6) is 3.98. The van der Waals surface area contributed by atoms with Gasteiger partial charge in [-0.1, -0.05) is 75.8 Å². The zero-order valence-electron chi connectivity index (χ0n) is 69.0. The van der Waals surface area contributed by atoms with Crippen LogP contribution in [0.1, 0.15) is 174 Å². The number of hydrogen-bond donors (Lipinski definition) is 8. The topological polar surface area (TPSA) is 437 Å². The summed E-state index contributed by atoms with van der Waals surface area (Å²) in [7, 11) is 3.25. The molecule has 8 aliphatic rings. The SMILES string of the molecule is C.C.C=C[C@@H]1C[C@@H]1C(=O)O.CC[C@@H]1C[C@@H]1C(=O)O.COCCOc1ccc2c(O[C@@H]3C[C@@H](C(N)=O)N(C(=O)CC(C)(C)C)C3)cc(-c3csc(NC(C)C)n3)nc2c1.COCCOc1ccc2c(O[C@@H]3C[C@@H](C(N)=O)N(C(=O)CC(C)(C)C)C3)cc(-c3csc(NC(C)C)n3)nc2c1.NC(=O)OC1C[C@@H]2C[C@@H]2C1.NC(=O)OC1C[C@@H]2C[C@@H]2C1. The lowest BCUT2D eigenvalue weighted by atomic mass is 9.91. The molecular weight excluding hydrogens is 1550 g/mol. The third kappa shape index (κ3) is 28.8. The van der Waals surface area contributed by atoms with Gasteiger partial charge in [0.15, 0.2) is 10.3 Å². The zero-order valence-corrected chi connectivity index (χ0v) is 70.6. The van der Waals surface area contributed by atoms with Crippen LogP contribution in [0.15, 0.2) is 71.9 Å². The van der Waals surface area contributed by atoms with Gasteiger partial charge in [0.1, 0.15) is 84.1 Å². The number of thiazole rings is 2. The van der Waals surface area contributed by atoms with Gasteiger partial charge < -0.3 is 91.5 Å². The summed E-state index contributed by atoms with van der Waals surface area (Å²) in [6.07, 6.45) is 10.8. The average Bonchev–Trinajstić information content (AvgIpc) is 1.47. The van der Waals surface area contributed by atoms with E-state index in [2.05, 4.69) is 44.9 Å². The monoisotopic (exact) mass is 1680 g/mol. The van der Waals surface area contributed by atoms with Crippen molar-refractivity contribution in [1.82, 2.24) is 29.7 Å². The summed E-state index contributed by atoms with van der Waals surface area (Å²) in [5, 5.41) is 30.4. The number of anilines is 2. The number of primary amides is 4. The number of pyridine rings is 2. The molecule has 2 unspecified atom stereocenters. The Morgan fingerprint density at radius 1 is 0.534 bits per heavy atom. The van der Waals surface area contributed by atoms with Gasteiger partial charge in [0.25, 0.3) is 0 Å². The van der Waals surface area contributed by atoms with E-state index in [4.69, 9.17) is 91.0 Å².